The lowest BCUT2D eigenvalue weighted by Crippen LogP contribution is -2.39. The number of pyridine rings is 1. The quantitative estimate of drug-likeness (QED) is 0.309. The summed E-state index contributed by atoms with van der Waals surface area (Å²) in [5.74, 6) is -2.59. The van der Waals surface area contributed by atoms with Crippen LogP contribution in [0.1, 0.15) is 35.9 Å². The minimum atomic E-state index is -2.67. The minimum absolute atomic E-state index is 0.0643. The van der Waals surface area contributed by atoms with Crippen LogP contribution >= 0.6 is 23.1 Å². The molecule has 13 heteroatoms. The first kappa shape index (κ1) is 25.0. The van der Waals surface area contributed by atoms with Crippen LogP contribution < -0.4 is 10.5 Å². The zero-order valence-corrected chi connectivity index (χ0v) is 21.5. The fraction of sp³-hybridized carbons (Fsp3) is 0.320. The van der Waals surface area contributed by atoms with Gasteiger partial charge in [-0.15, -0.1) is 11.3 Å². The van der Waals surface area contributed by atoms with Crippen molar-refractivity contribution in [3.63, 3.8) is 0 Å². The summed E-state index contributed by atoms with van der Waals surface area (Å²) in [6.07, 6.45) is 0.545. The van der Waals surface area contributed by atoms with Crippen molar-refractivity contribution < 1.29 is 22.3 Å². The number of ether oxygens (including phenoxy) is 1. The Bertz CT molecular complexity index is 1570. The maximum Gasteiger partial charge on any atom is 0.253 e. The highest BCUT2D eigenvalue weighted by atomic mass is 32.2. The van der Waals surface area contributed by atoms with Crippen molar-refractivity contribution in [1.82, 2.24) is 19.9 Å². The van der Waals surface area contributed by atoms with Crippen LogP contribution in [0.15, 0.2) is 46.5 Å². The second-order valence-electron chi connectivity index (χ2n) is 9.43. The van der Waals surface area contributed by atoms with Gasteiger partial charge in [-0.25, -0.2) is 32.5 Å². The first-order valence-corrected chi connectivity index (χ1v) is 13.4. The van der Waals surface area contributed by atoms with E-state index in [1.165, 1.54) is 30.5 Å². The summed E-state index contributed by atoms with van der Waals surface area (Å²) in [6.45, 7) is 1.78. The average Bonchev–Trinajstić information content (AvgIpc) is 3.42. The number of alkyl halides is 2. The maximum atomic E-state index is 15.1. The Labute approximate surface area is 222 Å². The zero-order chi connectivity index (χ0) is 26.7. The molecule has 6 rings (SSSR count). The molecule has 2 aliphatic rings. The number of rotatable bonds is 7. The molecule has 7 nitrogen and oxygen atoms in total. The van der Waals surface area contributed by atoms with Crippen molar-refractivity contribution in [1.29, 1.82) is 0 Å². The largest absolute Gasteiger partial charge is 0.470 e. The first-order chi connectivity index (χ1) is 18.2. The third kappa shape index (κ3) is 4.17. The highest BCUT2D eigenvalue weighted by Crippen LogP contribution is 2.68. The summed E-state index contributed by atoms with van der Waals surface area (Å²) in [4.78, 5) is 21.8. The molecule has 0 amide bonds. The summed E-state index contributed by atoms with van der Waals surface area (Å²) in [6, 6.07) is 4.20. The van der Waals surface area contributed by atoms with Crippen LogP contribution in [-0.4, -0.2) is 36.3 Å². The molecule has 0 bridgehead atoms. The summed E-state index contributed by atoms with van der Waals surface area (Å²) in [5, 5.41) is 1.81. The number of nitrogens with zero attached hydrogens (tertiary/aromatic N) is 5. The van der Waals surface area contributed by atoms with E-state index >= 15 is 4.39 Å². The fourth-order valence-electron chi connectivity index (χ4n) is 5.05. The Morgan fingerprint density at radius 3 is 2.82 bits per heavy atom. The molecule has 3 aromatic heterocycles. The summed E-state index contributed by atoms with van der Waals surface area (Å²) >= 11 is 2.27. The normalized spacial score (nSPS) is 24.4. The Morgan fingerprint density at radius 2 is 2.05 bits per heavy atom. The van der Waals surface area contributed by atoms with E-state index in [4.69, 9.17) is 10.5 Å². The van der Waals surface area contributed by atoms with Crippen LogP contribution in [0.3, 0.4) is 0 Å². The minimum Gasteiger partial charge on any atom is -0.470 e. The van der Waals surface area contributed by atoms with E-state index in [1.54, 1.807) is 17.8 Å². The molecule has 1 fully saturated rings. The zero-order valence-electron chi connectivity index (χ0n) is 19.9. The van der Waals surface area contributed by atoms with Gasteiger partial charge in [0.05, 0.1) is 38.9 Å². The van der Waals surface area contributed by atoms with E-state index in [0.29, 0.717) is 28.2 Å². The summed E-state index contributed by atoms with van der Waals surface area (Å²) < 4.78 is 62.0. The van der Waals surface area contributed by atoms with Gasteiger partial charge in [-0.05, 0) is 37.1 Å². The number of nitrogens with two attached hydrogens (primary N) is 1. The molecular weight excluding hydrogens is 540 g/mol. The van der Waals surface area contributed by atoms with Crippen molar-refractivity contribution >= 4 is 39.3 Å². The second kappa shape index (κ2) is 9.16. The van der Waals surface area contributed by atoms with E-state index in [0.717, 1.165) is 23.5 Å². The molecule has 0 unspecified atom stereocenters. The number of fused-ring (bicyclic) bond motifs is 2. The Morgan fingerprint density at radius 1 is 1.21 bits per heavy atom. The molecule has 0 spiro atoms. The Balaban J connectivity index is 1.32. The number of aromatic nitrogens is 4. The van der Waals surface area contributed by atoms with E-state index < -0.39 is 34.3 Å². The van der Waals surface area contributed by atoms with Gasteiger partial charge in [0.15, 0.2) is 16.8 Å². The van der Waals surface area contributed by atoms with E-state index in [9.17, 15) is 13.2 Å². The predicted octanol–water partition coefficient (Wildman–Crippen LogP) is 5.23. The molecule has 3 atom stereocenters. The Hall–Kier alpha value is -3.32. The number of thiazole rings is 1. The molecule has 1 saturated carbocycles. The highest BCUT2D eigenvalue weighted by Gasteiger charge is 2.71. The van der Waals surface area contributed by atoms with Crippen molar-refractivity contribution in [3.05, 3.63) is 75.6 Å². The number of aliphatic imine (C=N–C) groups is 1. The lowest BCUT2D eigenvalue weighted by Gasteiger charge is -2.34. The smallest absolute Gasteiger partial charge is 0.253 e. The number of halogens is 4. The molecule has 1 aromatic carbocycles. The van der Waals surface area contributed by atoms with Crippen LogP contribution in [0.5, 0.6) is 5.88 Å². The summed E-state index contributed by atoms with van der Waals surface area (Å²) in [7, 11) is 0. The van der Waals surface area contributed by atoms with Crippen LogP contribution in [0.25, 0.3) is 11.0 Å². The van der Waals surface area contributed by atoms with E-state index in [-0.39, 0.29) is 30.2 Å². The van der Waals surface area contributed by atoms with Gasteiger partial charge < -0.3 is 10.5 Å². The molecule has 2 N–H and O–H groups in total. The standard InChI is InChI=1S/C25H20F4N6OS2/c1-24(18-7-25(18,22(28)29)38-23(30)35-24)14-4-12(5-15(26)20(14)27)6-17-21-16(2-3-31-17)34-19(8-32-21)36-9-13-10-37-11-33-13/h2-5,8,10-11,18,22H,6-7,9H2,1H3,(H2,30,35)/t18-,24+,25-/m0/s1. The van der Waals surface area contributed by atoms with Crippen LogP contribution in [-0.2, 0) is 18.6 Å². The van der Waals surface area contributed by atoms with Crippen LogP contribution in [0.2, 0.25) is 0 Å². The van der Waals surface area contributed by atoms with Crippen molar-refractivity contribution in [2.75, 3.05) is 0 Å². The fourth-order valence-corrected chi connectivity index (χ4v) is 6.93. The van der Waals surface area contributed by atoms with Gasteiger partial charge in [0.25, 0.3) is 6.43 Å². The predicted molar refractivity (Wildman–Crippen MR) is 136 cm³/mol. The molecule has 4 heterocycles. The van der Waals surface area contributed by atoms with Gasteiger partial charge in [-0.3, -0.25) is 9.98 Å². The SMILES string of the molecule is C[C@]1(c2cc(Cc3nccc4nc(OCc5cscn5)cnc34)cc(F)c2F)N=C(N)S[C@@]2(C(F)F)C[C@@H]12. The average molecular weight is 561 g/mol. The van der Waals surface area contributed by atoms with Gasteiger partial charge in [0.1, 0.15) is 12.1 Å². The van der Waals surface area contributed by atoms with E-state index in [1.807, 2.05) is 5.38 Å². The molecule has 196 valence electrons. The molecule has 1 aliphatic carbocycles. The lowest BCUT2D eigenvalue weighted by molar-refractivity contribution is 0.123. The molecule has 0 saturated heterocycles. The van der Waals surface area contributed by atoms with Crippen molar-refractivity contribution in [2.24, 2.45) is 16.6 Å². The van der Waals surface area contributed by atoms with Gasteiger partial charge >= 0.3 is 0 Å². The number of benzene rings is 1. The second-order valence-corrected chi connectivity index (χ2v) is 11.5. The molecule has 4 aromatic rings. The van der Waals surface area contributed by atoms with E-state index in [2.05, 4.69) is 24.9 Å². The molecular formula is C25H20F4N6OS2. The van der Waals surface area contributed by atoms with Gasteiger partial charge in [-0.2, -0.15) is 0 Å². The van der Waals surface area contributed by atoms with Crippen LogP contribution in [0, 0.1) is 17.6 Å². The third-order valence-electron chi connectivity index (χ3n) is 7.01. The topological polar surface area (TPSA) is 99.2 Å². The van der Waals surface area contributed by atoms with Crippen molar-refractivity contribution in [3.8, 4) is 5.88 Å². The van der Waals surface area contributed by atoms with Gasteiger partial charge in [0.2, 0.25) is 5.88 Å². The molecule has 1 aliphatic heterocycles. The lowest BCUT2D eigenvalue weighted by atomic mass is 9.84. The van der Waals surface area contributed by atoms with Gasteiger partial charge in [-0.1, -0.05) is 11.8 Å². The Kier molecular flexibility index (Phi) is 6.02. The number of amidine groups is 1. The maximum absolute atomic E-state index is 15.1. The van der Waals surface area contributed by atoms with Gasteiger partial charge in [0, 0.05) is 29.5 Å². The third-order valence-corrected chi connectivity index (χ3v) is 8.95. The monoisotopic (exact) mass is 560 g/mol. The van der Waals surface area contributed by atoms with Crippen molar-refractivity contribution in [2.45, 2.75) is 43.1 Å². The summed E-state index contributed by atoms with van der Waals surface area (Å²) in [5.41, 5.74) is 8.70. The highest BCUT2D eigenvalue weighted by molar-refractivity contribution is 8.15. The number of hydrogen-bond donors (Lipinski definition) is 1. The molecule has 38 heavy (non-hydrogen) atoms. The van der Waals surface area contributed by atoms with Crippen LogP contribution in [0.4, 0.5) is 17.6 Å². The number of hydrogen-bond acceptors (Lipinski definition) is 9. The molecule has 0 radical (unpaired) electrons. The number of thioether (sulfide) groups is 1. The first-order valence-electron chi connectivity index (χ1n) is 11.6.